The molecule has 0 bridgehead atoms. The number of rotatable bonds is 4. The highest BCUT2D eigenvalue weighted by Gasteiger charge is 2.31. The van der Waals surface area contributed by atoms with Gasteiger partial charge in [-0.2, -0.15) is 0 Å². The van der Waals surface area contributed by atoms with Crippen molar-refractivity contribution in [1.82, 2.24) is 9.88 Å². The average molecular weight is 349 g/mol. The maximum atomic E-state index is 11.4. The van der Waals surface area contributed by atoms with Crippen molar-refractivity contribution < 1.29 is 8.42 Å². The summed E-state index contributed by atoms with van der Waals surface area (Å²) in [5.41, 5.74) is 0.508. The molecule has 6 nitrogen and oxygen atoms in total. The minimum atomic E-state index is -3.31. The van der Waals surface area contributed by atoms with Gasteiger partial charge in [0.2, 0.25) is 10.0 Å². The SMILES string of the molecule is CN(C)C1CN(c2ncc(Br)cc2NS(C)(=O)=O)C1. The number of hydrogen-bond donors (Lipinski definition) is 1. The van der Waals surface area contributed by atoms with Gasteiger partial charge in [0.25, 0.3) is 0 Å². The second-order valence-electron chi connectivity index (χ2n) is 4.92. The molecule has 0 radical (unpaired) electrons. The van der Waals surface area contributed by atoms with E-state index in [1.165, 1.54) is 0 Å². The Labute approximate surface area is 122 Å². The molecule has 1 N–H and O–H groups in total. The topological polar surface area (TPSA) is 65.5 Å². The molecule has 8 heteroatoms. The van der Waals surface area contributed by atoms with E-state index in [0.29, 0.717) is 17.5 Å². The predicted molar refractivity (Wildman–Crippen MR) is 80.1 cm³/mol. The molecule has 1 saturated heterocycles. The maximum absolute atomic E-state index is 11.4. The lowest BCUT2D eigenvalue weighted by Gasteiger charge is -2.44. The summed E-state index contributed by atoms with van der Waals surface area (Å²) in [5, 5.41) is 0. The Morgan fingerprint density at radius 2 is 2.11 bits per heavy atom. The lowest BCUT2D eigenvalue weighted by molar-refractivity contribution is 0.246. The number of nitrogens with zero attached hydrogens (tertiary/aromatic N) is 3. The predicted octanol–water partition coefficient (Wildman–Crippen LogP) is 0.966. The van der Waals surface area contributed by atoms with Gasteiger partial charge in [0.05, 0.1) is 11.9 Å². The Balaban J connectivity index is 2.22. The first-order valence-corrected chi connectivity index (χ1v) is 8.49. The monoisotopic (exact) mass is 348 g/mol. The second-order valence-corrected chi connectivity index (χ2v) is 7.59. The van der Waals surface area contributed by atoms with Crippen LogP contribution >= 0.6 is 15.9 Å². The minimum absolute atomic E-state index is 0.483. The Kier molecular flexibility index (Phi) is 4.03. The molecule has 0 saturated carbocycles. The van der Waals surface area contributed by atoms with E-state index in [0.717, 1.165) is 23.8 Å². The molecule has 0 unspecified atom stereocenters. The van der Waals surface area contributed by atoms with Crippen molar-refractivity contribution in [3.8, 4) is 0 Å². The van der Waals surface area contributed by atoms with E-state index in [1.807, 2.05) is 14.1 Å². The number of aromatic nitrogens is 1. The standard InChI is InChI=1S/C11H17BrN4O2S/c1-15(2)9-6-16(7-9)11-10(14-19(3,17)18)4-8(12)5-13-11/h4-5,9,14H,6-7H2,1-3H3. The highest BCUT2D eigenvalue weighted by molar-refractivity contribution is 9.10. The maximum Gasteiger partial charge on any atom is 0.229 e. The minimum Gasteiger partial charge on any atom is -0.352 e. The van der Waals surface area contributed by atoms with Crippen LogP contribution in [0, 0.1) is 0 Å². The molecule has 0 spiro atoms. The van der Waals surface area contributed by atoms with Crippen molar-refractivity contribution >= 4 is 37.5 Å². The Bertz CT molecular complexity index is 570. The highest BCUT2D eigenvalue weighted by Crippen LogP contribution is 2.31. The van der Waals surface area contributed by atoms with Gasteiger partial charge in [0.15, 0.2) is 5.82 Å². The van der Waals surface area contributed by atoms with Crippen LogP contribution in [0.5, 0.6) is 0 Å². The number of halogens is 1. The fourth-order valence-corrected chi connectivity index (χ4v) is 2.79. The van der Waals surface area contributed by atoms with Gasteiger partial charge in [-0.1, -0.05) is 0 Å². The van der Waals surface area contributed by atoms with E-state index in [9.17, 15) is 8.42 Å². The summed E-state index contributed by atoms with van der Waals surface area (Å²) in [6.07, 6.45) is 2.81. The van der Waals surface area contributed by atoms with Crippen LogP contribution < -0.4 is 9.62 Å². The Morgan fingerprint density at radius 1 is 1.47 bits per heavy atom. The fraction of sp³-hybridized carbons (Fsp3) is 0.545. The van der Waals surface area contributed by atoms with E-state index >= 15 is 0 Å². The van der Waals surface area contributed by atoms with Crippen LogP contribution in [0.15, 0.2) is 16.7 Å². The lowest BCUT2D eigenvalue weighted by Crippen LogP contribution is -2.57. The summed E-state index contributed by atoms with van der Waals surface area (Å²) in [6, 6.07) is 2.21. The lowest BCUT2D eigenvalue weighted by atomic mass is 10.1. The zero-order valence-corrected chi connectivity index (χ0v) is 13.5. The Morgan fingerprint density at radius 3 is 2.63 bits per heavy atom. The number of hydrogen-bond acceptors (Lipinski definition) is 5. The van der Waals surface area contributed by atoms with E-state index in [1.54, 1.807) is 12.3 Å². The average Bonchev–Trinajstić information content (AvgIpc) is 2.15. The second kappa shape index (κ2) is 5.26. The molecular weight excluding hydrogens is 332 g/mol. The van der Waals surface area contributed by atoms with Gasteiger partial charge in [-0.3, -0.25) is 4.72 Å². The number of nitrogens with one attached hydrogen (secondary N) is 1. The largest absolute Gasteiger partial charge is 0.352 e. The first-order chi connectivity index (χ1) is 8.76. The smallest absolute Gasteiger partial charge is 0.229 e. The molecule has 0 atom stereocenters. The normalized spacial score (nSPS) is 16.6. The van der Waals surface area contributed by atoms with Gasteiger partial charge in [-0.25, -0.2) is 13.4 Å². The first kappa shape index (κ1) is 14.5. The van der Waals surface area contributed by atoms with Crippen LogP contribution in [0.3, 0.4) is 0 Å². The van der Waals surface area contributed by atoms with Gasteiger partial charge in [-0.15, -0.1) is 0 Å². The molecule has 1 fully saturated rings. The Hall–Kier alpha value is -0.860. The summed E-state index contributed by atoms with van der Waals surface area (Å²) in [4.78, 5) is 8.52. The van der Waals surface area contributed by atoms with Gasteiger partial charge in [-0.05, 0) is 36.1 Å². The van der Waals surface area contributed by atoms with Crippen molar-refractivity contribution in [3.63, 3.8) is 0 Å². The van der Waals surface area contributed by atoms with Gasteiger partial charge in [0.1, 0.15) is 0 Å². The van der Waals surface area contributed by atoms with Crippen LogP contribution in [-0.2, 0) is 10.0 Å². The van der Waals surface area contributed by atoms with Gasteiger partial charge in [0, 0.05) is 29.8 Å². The van der Waals surface area contributed by atoms with Crippen LogP contribution in [0.1, 0.15) is 0 Å². The molecule has 19 heavy (non-hydrogen) atoms. The van der Waals surface area contributed by atoms with Gasteiger partial charge < -0.3 is 9.80 Å². The number of likely N-dealkylation sites (N-methyl/N-ethyl adjacent to an activating group) is 1. The van der Waals surface area contributed by atoms with Crippen LogP contribution in [0.25, 0.3) is 0 Å². The molecule has 0 aliphatic carbocycles. The third-order valence-electron chi connectivity index (χ3n) is 3.02. The zero-order valence-electron chi connectivity index (χ0n) is 11.1. The first-order valence-electron chi connectivity index (χ1n) is 5.81. The van der Waals surface area contributed by atoms with Crippen molar-refractivity contribution in [1.29, 1.82) is 0 Å². The molecule has 0 amide bonds. The number of pyridine rings is 1. The molecule has 1 aliphatic rings. The number of anilines is 2. The van der Waals surface area contributed by atoms with Crippen LogP contribution in [-0.4, -0.2) is 57.8 Å². The third kappa shape index (κ3) is 3.58. The molecular formula is C11H17BrN4O2S. The third-order valence-corrected chi connectivity index (χ3v) is 4.05. The zero-order chi connectivity index (χ0) is 14.2. The van der Waals surface area contributed by atoms with E-state index in [4.69, 9.17) is 0 Å². The molecule has 0 aromatic carbocycles. The van der Waals surface area contributed by atoms with Crippen molar-refractivity contribution in [2.75, 3.05) is 43.1 Å². The highest BCUT2D eigenvalue weighted by atomic mass is 79.9. The van der Waals surface area contributed by atoms with Gasteiger partial charge >= 0.3 is 0 Å². The molecule has 1 aromatic rings. The van der Waals surface area contributed by atoms with Crippen molar-refractivity contribution in [2.24, 2.45) is 0 Å². The molecule has 106 valence electrons. The van der Waals surface area contributed by atoms with Crippen molar-refractivity contribution in [2.45, 2.75) is 6.04 Å². The molecule has 1 aliphatic heterocycles. The van der Waals surface area contributed by atoms with Crippen molar-refractivity contribution in [3.05, 3.63) is 16.7 Å². The van der Waals surface area contributed by atoms with Crippen LogP contribution in [0.2, 0.25) is 0 Å². The van der Waals surface area contributed by atoms with Crippen LogP contribution in [0.4, 0.5) is 11.5 Å². The van der Waals surface area contributed by atoms with E-state index < -0.39 is 10.0 Å². The molecule has 2 rings (SSSR count). The molecule has 2 heterocycles. The van der Waals surface area contributed by atoms with E-state index in [2.05, 4.69) is 35.4 Å². The summed E-state index contributed by atoms with van der Waals surface area (Å²) >= 11 is 3.30. The summed E-state index contributed by atoms with van der Waals surface area (Å²) < 4.78 is 26.0. The van der Waals surface area contributed by atoms with E-state index in [-0.39, 0.29) is 0 Å². The number of sulfonamides is 1. The summed E-state index contributed by atoms with van der Waals surface area (Å²) in [5.74, 6) is 0.673. The summed E-state index contributed by atoms with van der Waals surface area (Å²) in [6.45, 7) is 1.69. The quantitative estimate of drug-likeness (QED) is 0.877. The molecule has 1 aromatic heterocycles. The fourth-order valence-electron chi connectivity index (χ4n) is 1.91. The summed E-state index contributed by atoms with van der Waals surface area (Å²) in [7, 11) is 0.757.